The lowest BCUT2D eigenvalue weighted by molar-refractivity contribution is -0.154. The summed E-state index contributed by atoms with van der Waals surface area (Å²) >= 11 is 0. The summed E-state index contributed by atoms with van der Waals surface area (Å²) in [7, 11) is -4.47. The molecule has 0 spiro atoms. The molecule has 6 nitrogen and oxygen atoms in total. The van der Waals surface area contributed by atoms with Crippen molar-refractivity contribution in [3.8, 4) is 17.2 Å². The molecule has 33 heavy (non-hydrogen) atoms. The predicted octanol–water partition coefficient (Wildman–Crippen LogP) is 4.49. The van der Waals surface area contributed by atoms with E-state index in [1.54, 1.807) is 31.2 Å². The zero-order valence-electron chi connectivity index (χ0n) is 17.3. The van der Waals surface area contributed by atoms with Crippen molar-refractivity contribution >= 4 is 10.0 Å². The second-order valence-electron chi connectivity index (χ2n) is 6.60. The Hall–Kier alpha value is -2.67. The molecule has 0 aliphatic heterocycles. The zero-order valence-corrected chi connectivity index (χ0v) is 18.1. The van der Waals surface area contributed by atoms with Gasteiger partial charge in [0.05, 0.1) is 6.61 Å². The van der Waals surface area contributed by atoms with Gasteiger partial charge in [-0.3, -0.25) is 0 Å². The van der Waals surface area contributed by atoms with E-state index in [4.69, 9.17) is 4.74 Å². The molecule has 1 N–H and O–H groups in total. The van der Waals surface area contributed by atoms with Crippen LogP contribution in [-0.2, 0) is 16.4 Å². The Balaban J connectivity index is 2.23. The van der Waals surface area contributed by atoms with E-state index in [2.05, 4.69) is 14.2 Å². The molecule has 0 aliphatic rings. The maximum Gasteiger partial charge on any atom is 0.422 e. The third kappa shape index (κ3) is 9.00. The molecule has 2 aromatic carbocycles. The molecule has 0 atom stereocenters. The highest BCUT2D eigenvalue weighted by Crippen LogP contribution is 2.31. The molecule has 0 saturated heterocycles. The Morgan fingerprint density at radius 2 is 1.48 bits per heavy atom. The quantitative estimate of drug-likeness (QED) is 0.460. The SMILES string of the molecule is CCOc1ccccc1CCNS(=O)(=O)c1cc(OCC(F)(F)F)ccc1OCC(F)(F)F. The first kappa shape index (κ1) is 26.6. The summed E-state index contributed by atoms with van der Waals surface area (Å²) in [6, 6.07) is 9.21. The molecular formula is C20H21F6NO5S. The summed E-state index contributed by atoms with van der Waals surface area (Å²) in [6.07, 6.45) is -9.28. The maximum absolute atomic E-state index is 12.8. The summed E-state index contributed by atoms with van der Waals surface area (Å²) in [5.41, 5.74) is 0.679. The molecule has 0 heterocycles. The van der Waals surface area contributed by atoms with Crippen LogP contribution >= 0.6 is 0 Å². The Morgan fingerprint density at radius 1 is 0.848 bits per heavy atom. The van der Waals surface area contributed by atoms with Crippen LogP contribution in [0.3, 0.4) is 0 Å². The third-order valence-corrected chi connectivity index (χ3v) is 5.44. The van der Waals surface area contributed by atoms with Gasteiger partial charge in [-0.15, -0.1) is 0 Å². The Kier molecular flexibility index (Phi) is 8.83. The number of hydrogen-bond acceptors (Lipinski definition) is 5. The van der Waals surface area contributed by atoms with Crippen LogP contribution in [0.1, 0.15) is 12.5 Å². The van der Waals surface area contributed by atoms with Gasteiger partial charge in [0.1, 0.15) is 22.1 Å². The molecule has 0 unspecified atom stereocenters. The summed E-state index contributed by atoms with van der Waals surface area (Å²) in [6.45, 7) is -1.52. The molecular weight excluding hydrogens is 480 g/mol. The first-order valence-electron chi connectivity index (χ1n) is 9.54. The average Bonchev–Trinajstić information content (AvgIpc) is 2.71. The Morgan fingerprint density at radius 3 is 2.12 bits per heavy atom. The highest BCUT2D eigenvalue weighted by Gasteiger charge is 2.31. The fourth-order valence-electron chi connectivity index (χ4n) is 2.64. The van der Waals surface area contributed by atoms with Crippen LogP contribution in [0.4, 0.5) is 26.3 Å². The standard InChI is InChI=1S/C20H21F6NO5S/c1-2-30-16-6-4-3-5-14(16)9-10-27-33(28,29)18-11-15(31-12-19(21,22)23)7-8-17(18)32-13-20(24,25)26/h3-8,11,27H,2,9-10,12-13H2,1H3. The van der Waals surface area contributed by atoms with E-state index in [9.17, 15) is 34.8 Å². The smallest absolute Gasteiger partial charge is 0.422 e. The number of alkyl halides is 6. The van der Waals surface area contributed by atoms with Crippen molar-refractivity contribution < 1.29 is 49.0 Å². The van der Waals surface area contributed by atoms with Gasteiger partial charge in [0.15, 0.2) is 13.2 Å². The molecule has 0 aromatic heterocycles. The van der Waals surface area contributed by atoms with Crippen LogP contribution in [0.2, 0.25) is 0 Å². The van der Waals surface area contributed by atoms with Gasteiger partial charge in [-0.1, -0.05) is 18.2 Å². The molecule has 0 aliphatic carbocycles. The molecule has 0 fully saturated rings. The molecule has 184 valence electrons. The summed E-state index contributed by atoms with van der Waals surface area (Å²) in [4.78, 5) is -0.787. The molecule has 0 bridgehead atoms. The molecule has 0 saturated carbocycles. The largest absolute Gasteiger partial charge is 0.494 e. The number of para-hydroxylation sites is 1. The number of hydrogen-bond donors (Lipinski definition) is 1. The lowest BCUT2D eigenvalue weighted by atomic mass is 10.1. The van der Waals surface area contributed by atoms with Crippen LogP contribution in [0.15, 0.2) is 47.4 Å². The van der Waals surface area contributed by atoms with Crippen molar-refractivity contribution in [3.05, 3.63) is 48.0 Å². The normalized spacial score (nSPS) is 12.5. The second kappa shape index (κ2) is 11.0. The monoisotopic (exact) mass is 501 g/mol. The molecule has 2 aromatic rings. The Bertz CT molecular complexity index is 1020. The van der Waals surface area contributed by atoms with Crippen LogP contribution in [0, 0.1) is 0 Å². The number of benzene rings is 2. The van der Waals surface area contributed by atoms with Crippen LogP contribution in [0.5, 0.6) is 17.2 Å². The van der Waals surface area contributed by atoms with E-state index < -0.39 is 52.0 Å². The van der Waals surface area contributed by atoms with Crippen LogP contribution in [0.25, 0.3) is 0 Å². The average molecular weight is 501 g/mol. The summed E-state index contributed by atoms with van der Waals surface area (Å²) < 4.78 is 117. The molecule has 0 amide bonds. The molecule has 0 radical (unpaired) electrons. The van der Waals surface area contributed by atoms with E-state index in [-0.39, 0.29) is 13.0 Å². The van der Waals surface area contributed by atoms with E-state index >= 15 is 0 Å². The second-order valence-corrected chi connectivity index (χ2v) is 8.34. The minimum absolute atomic E-state index is 0.168. The fourth-order valence-corrected chi connectivity index (χ4v) is 3.83. The highest BCUT2D eigenvalue weighted by molar-refractivity contribution is 7.89. The van der Waals surface area contributed by atoms with Gasteiger partial charge in [-0.25, -0.2) is 13.1 Å². The highest BCUT2D eigenvalue weighted by atomic mass is 32.2. The van der Waals surface area contributed by atoms with Gasteiger partial charge >= 0.3 is 12.4 Å². The number of ether oxygens (including phenoxy) is 3. The number of sulfonamides is 1. The van der Waals surface area contributed by atoms with Gasteiger partial charge in [-0.05, 0) is 37.1 Å². The molecule has 13 heteroatoms. The molecule has 2 rings (SSSR count). The maximum atomic E-state index is 12.8. The minimum Gasteiger partial charge on any atom is -0.494 e. The van der Waals surface area contributed by atoms with Gasteiger partial charge in [0.2, 0.25) is 10.0 Å². The van der Waals surface area contributed by atoms with Gasteiger partial charge in [0.25, 0.3) is 0 Å². The van der Waals surface area contributed by atoms with Crippen LogP contribution in [-0.4, -0.2) is 47.1 Å². The third-order valence-electron chi connectivity index (χ3n) is 3.96. The number of rotatable bonds is 11. The van der Waals surface area contributed by atoms with E-state index in [0.29, 0.717) is 24.0 Å². The number of halogens is 6. The van der Waals surface area contributed by atoms with E-state index in [1.807, 2.05) is 0 Å². The van der Waals surface area contributed by atoms with Crippen molar-refractivity contribution in [3.63, 3.8) is 0 Å². The summed E-state index contributed by atoms with van der Waals surface area (Å²) in [5, 5.41) is 0. The predicted molar refractivity (Wildman–Crippen MR) is 106 cm³/mol. The zero-order chi connectivity index (χ0) is 24.7. The van der Waals surface area contributed by atoms with Crippen molar-refractivity contribution in [2.45, 2.75) is 30.6 Å². The van der Waals surface area contributed by atoms with Gasteiger partial charge < -0.3 is 14.2 Å². The lowest BCUT2D eigenvalue weighted by Crippen LogP contribution is -2.27. The van der Waals surface area contributed by atoms with Crippen molar-refractivity contribution in [2.24, 2.45) is 0 Å². The lowest BCUT2D eigenvalue weighted by Gasteiger charge is -2.16. The number of nitrogens with one attached hydrogen (secondary N) is 1. The fraction of sp³-hybridized carbons (Fsp3) is 0.400. The van der Waals surface area contributed by atoms with E-state index in [1.165, 1.54) is 0 Å². The minimum atomic E-state index is -4.76. The van der Waals surface area contributed by atoms with Crippen LogP contribution < -0.4 is 18.9 Å². The first-order valence-corrected chi connectivity index (χ1v) is 11.0. The summed E-state index contributed by atoms with van der Waals surface area (Å²) in [5.74, 6) is -0.654. The van der Waals surface area contributed by atoms with Crippen molar-refractivity contribution in [1.29, 1.82) is 0 Å². The first-order chi connectivity index (χ1) is 15.3. The Labute approximate surface area is 186 Å². The van der Waals surface area contributed by atoms with Crippen molar-refractivity contribution in [1.82, 2.24) is 4.72 Å². The van der Waals surface area contributed by atoms with Gasteiger partial charge in [0, 0.05) is 12.6 Å². The van der Waals surface area contributed by atoms with Gasteiger partial charge in [-0.2, -0.15) is 26.3 Å². The van der Waals surface area contributed by atoms with E-state index in [0.717, 1.165) is 12.1 Å². The van der Waals surface area contributed by atoms with Crippen molar-refractivity contribution in [2.75, 3.05) is 26.4 Å². The topological polar surface area (TPSA) is 73.9 Å².